The topological polar surface area (TPSA) is 114 Å². The number of ether oxygens (including phenoxy) is 2. The van der Waals surface area contributed by atoms with E-state index in [1.165, 1.54) is 17.4 Å². The minimum Gasteiger partial charge on any atom is -0.483 e. The Morgan fingerprint density at radius 3 is 2.44 bits per heavy atom. The van der Waals surface area contributed by atoms with Crippen molar-refractivity contribution in [1.29, 1.82) is 0 Å². The van der Waals surface area contributed by atoms with Gasteiger partial charge in [0.2, 0.25) is 0 Å². The normalized spacial score (nSPS) is 11.3. The maximum Gasteiger partial charge on any atom is 0.414 e. The molecule has 2 aromatic carbocycles. The number of nitrogens with one attached hydrogen (secondary N) is 1. The predicted octanol–water partition coefficient (Wildman–Crippen LogP) is 3.22. The van der Waals surface area contributed by atoms with Crippen LogP contribution in [0.2, 0.25) is 0 Å². The van der Waals surface area contributed by atoms with Crippen LogP contribution < -0.4 is 14.8 Å². The van der Waals surface area contributed by atoms with Crippen molar-refractivity contribution in [3.05, 3.63) is 78.2 Å². The van der Waals surface area contributed by atoms with E-state index in [9.17, 15) is 14.7 Å². The van der Waals surface area contributed by atoms with Gasteiger partial charge in [-0.1, -0.05) is 42.5 Å². The summed E-state index contributed by atoms with van der Waals surface area (Å²) in [7, 11) is 3.18. The molecule has 0 aliphatic heterocycles. The molecule has 0 aliphatic carbocycles. The number of nitrogens with zero attached hydrogens (tertiary/aromatic N) is 3. The van der Waals surface area contributed by atoms with Gasteiger partial charge in [0.1, 0.15) is 24.7 Å². The number of aromatic nitrogens is 2. The summed E-state index contributed by atoms with van der Waals surface area (Å²) in [5.74, 6) is -0.0196. The zero-order valence-corrected chi connectivity index (χ0v) is 17.8. The molecule has 2 N–H and O–H groups in total. The van der Waals surface area contributed by atoms with E-state index in [-0.39, 0.29) is 6.42 Å². The first kappa shape index (κ1) is 22.5. The van der Waals surface area contributed by atoms with E-state index in [1.54, 1.807) is 38.4 Å². The smallest absolute Gasteiger partial charge is 0.414 e. The maximum atomic E-state index is 11.9. The van der Waals surface area contributed by atoms with Crippen LogP contribution in [0.15, 0.2) is 67.1 Å². The molecule has 0 aliphatic rings. The first-order chi connectivity index (χ1) is 15.4. The Balaban J connectivity index is 1.67. The van der Waals surface area contributed by atoms with Crippen LogP contribution in [-0.4, -0.2) is 52.2 Å². The van der Waals surface area contributed by atoms with E-state index in [0.29, 0.717) is 23.9 Å². The fraction of sp³-hybridized carbons (Fsp3) is 0.217. The Hall–Kier alpha value is -4.14. The summed E-state index contributed by atoms with van der Waals surface area (Å²) < 4.78 is 11.0. The molecular formula is C23H24N4O5. The minimum absolute atomic E-state index is 0.180. The molecule has 3 rings (SSSR count). The average molecular weight is 436 g/mol. The van der Waals surface area contributed by atoms with Crippen LogP contribution >= 0.6 is 0 Å². The summed E-state index contributed by atoms with van der Waals surface area (Å²) in [4.78, 5) is 32.9. The summed E-state index contributed by atoms with van der Waals surface area (Å²) in [6, 6.07) is 15.3. The van der Waals surface area contributed by atoms with Gasteiger partial charge in [-0.25, -0.2) is 19.6 Å². The number of carboxylic acid groups (broad SMARTS) is 1. The Morgan fingerprint density at radius 2 is 1.78 bits per heavy atom. The molecular weight excluding hydrogens is 412 g/mol. The number of benzene rings is 2. The number of aliphatic carboxylic acids is 1. The van der Waals surface area contributed by atoms with Gasteiger partial charge in [0.05, 0.1) is 6.20 Å². The van der Waals surface area contributed by atoms with Gasteiger partial charge in [-0.2, -0.15) is 0 Å². The second-order valence-electron chi connectivity index (χ2n) is 7.16. The van der Waals surface area contributed by atoms with Crippen molar-refractivity contribution >= 4 is 17.9 Å². The first-order valence-corrected chi connectivity index (χ1v) is 9.86. The van der Waals surface area contributed by atoms with Gasteiger partial charge in [0, 0.05) is 20.5 Å². The number of amides is 1. The van der Waals surface area contributed by atoms with E-state index in [1.807, 2.05) is 30.3 Å². The van der Waals surface area contributed by atoms with Crippen LogP contribution in [-0.2, 0) is 17.8 Å². The Morgan fingerprint density at radius 1 is 1.06 bits per heavy atom. The van der Waals surface area contributed by atoms with E-state index < -0.39 is 18.1 Å². The van der Waals surface area contributed by atoms with Gasteiger partial charge >= 0.3 is 12.1 Å². The third kappa shape index (κ3) is 6.43. The fourth-order valence-corrected chi connectivity index (χ4v) is 2.75. The summed E-state index contributed by atoms with van der Waals surface area (Å²) in [5, 5.41) is 12.6. The molecule has 0 saturated carbocycles. The second kappa shape index (κ2) is 10.8. The molecule has 0 saturated heterocycles. The molecule has 1 aromatic heterocycles. The number of carboxylic acids is 1. The highest BCUT2D eigenvalue weighted by molar-refractivity contribution is 5.78. The zero-order chi connectivity index (χ0) is 22.9. The van der Waals surface area contributed by atoms with E-state index in [4.69, 9.17) is 9.47 Å². The van der Waals surface area contributed by atoms with Gasteiger partial charge in [0.25, 0.3) is 0 Å². The van der Waals surface area contributed by atoms with E-state index in [2.05, 4.69) is 15.3 Å². The second-order valence-corrected chi connectivity index (χ2v) is 7.16. The predicted molar refractivity (Wildman–Crippen MR) is 118 cm³/mol. The van der Waals surface area contributed by atoms with Crippen molar-refractivity contribution in [3.8, 4) is 11.5 Å². The highest BCUT2D eigenvalue weighted by atomic mass is 16.6. The Labute approximate surface area is 185 Å². The summed E-state index contributed by atoms with van der Waals surface area (Å²) in [5.41, 5.74) is 1.71. The molecule has 9 nitrogen and oxygen atoms in total. The number of carbonyl (C=O) groups excluding carboxylic acids is 1. The summed E-state index contributed by atoms with van der Waals surface area (Å²) in [6.07, 6.45) is 2.50. The quantitative estimate of drug-likeness (QED) is 0.526. The van der Waals surface area contributed by atoms with Crippen LogP contribution in [0.25, 0.3) is 0 Å². The lowest BCUT2D eigenvalue weighted by Crippen LogP contribution is -2.32. The van der Waals surface area contributed by atoms with Crippen molar-refractivity contribution in [2.24, 2.45) is 0 Å². The van der Waals surface area contributed by atoms with Crippen LogP contribution in [0.3, 0.4) is 0 Å². The van der Waals surface area contributed by atoms with E-state index >= 15 is 0 Å². The van der Waals surface area contributed by atoms with Gasteiger partial charge in [-0.3, -0.25) is 0 Å². The van der Waals surface area contributed by atoms with Crippen molar-refractivity contribution in [3.63, 3.8) is 0 Å². The Kier molecular flexibility index (Phi) is 7.58. The highest BCUT2D eigenvalue weighted by Gasteiger charge is 2.21. The molecule has 32 heavy (non-hydrogen) atoms. The monoisotopic (exact) mass is 436 g/mol. The minimum atomic E-state index is -1.04. The van der Waals surface area contributed by atoms with Gasteiger partial charge < -0.3 is 24.8 Å². The maximum absolute atomic E-state index is 11.9. The molecule has 1 heterocycles. The number of hydrogen-bond donors (Lipinski definition) is 2. The molecule has 0 fully saturated rings. The van der Waals surface area contributed by atoms with Crippen molar-refractivity contribution < 1.29 is 24.2 Å². The fourth-order valence-electron chi connectivity index (χ4n) is 2.75. The first-order valence-electron chi connectivity index (χ1n) is 9.86. The molecule has 166 valence electrons. The van der Waals surface area contributed by atoms with Crippen molar-refractivity contribution in [2.45, 2.75) is 19.1 Å². The van der Waals surface area contributed by atoms with Crippen molar-refractivity contribution in [2.75, 3.05) is 19.4 Å². The third-order valence-electron chi connectivity index (χ3n) is 4.46. The van der Waals surface area contributed by atoms with Crippen LogP contribution in [0.4, 0.5) is 10.6 Å². The molecule has 0 spiro atoms. The molecule has 1 atom stereocenters. The van der Waals surface area contributed by atoms with Gasteiger partial charge in [0.15, 0.2) is 11.6 Å². The molecule has 3 aromatic rings. The standard InChI is InChI=1S/C23H24N4O5/c1-27(2)23(30)32-18-10-8-16(9-11-18)12-19(22(28)29)26-21-20(13-24-15-25-21)31-14-17-6-4-3-5-7-17/h3-11,13,15,19H,12,14H2,1-2H3,(H,28,29)(H,24,25,26)/t19-/m0/s1. The lowest BCUT2D eigenvalue weighted by molar-refractivity contribution is -0.137. The molecule has 0 unspecified atom stereocenters. The van der Waals surface area contributed by atoms with Gasteiger partial charge in [-0.05, 0) is 23.3 Å². The number of hydrogen-bond acceptors (Lipinski definition) is 7. The van der Waals surface area contributed by atoms with Crippen LogP contribution in [0.1, 0.15) is 11.1 Å². The SMILES string of the molecule is CN(C)C(=O)Oc1ccc(C[C@H](Nc2ncncc2OCc2ccccc2)C(=O)O)cc1. The number of carbonyl (C=O) groups is 2. The molecule has 9 heteroatoms. The van der Waals surface area contributed by atoms with Crippen LogP contribution in [0, 0.1) is 0 Å². The van der Waals surface area contributed by atoms with Crippen LogP contribution in [0.5, 0.6) is 11.5 Å². The largest absolute Gasteiger partial charge is 0.483 e. The molecule has 0 bridgehead atoms. The van der Waals surface area contributed by atoms with Crippen molar-refractivity contribution in [1.82, 2.24) is 14.9 Å². The highest BCUT2D eigenvalue weighted by Crippen LogP contribution is 2.23. The zero-order valence-electron chi connectivity index (χ0n) is 17.8. The third-order valence-corrected chi connectivity index (χ3v) is 4.46. The summed E-state index contributed by atoms with van der Waals surface area (Å²) >= 11 is 0. The lowest BCUT2D eigenvalue weighted by Gasteiger charge is -2.18. The average Bonchev–Trinajstić information content (AvgIpc) is 2.79. The van der Waals surface area contributed by atoms with Gasteiger partial charge in [-0.15, -0.1) is 0 Å². The van der Waals surface area contributed by atoms with E-state index in [0.717, 1.165) is 11.1 Å². The summed E-state index contributed by atoms with van der Waals surface area (Å²) in [6.45, 7) is 0.299. The molecule has 1 amide bonds. The lowest BCUT2D eigenvalue weighted by atomic mass is 10.1. The number of anilines is 1. The Bertz CT molecular complexity index is 1040. The number of rotatable bonds is 9. The molecule has 0 radical (unpaired) electrons.